The largest absolute Gasteiger partial charge is 0.378 e. The van der Waals surface area contributed by atoms with Gasteiger partial charge in [0.05, 0.1) is 24.1 Å². The van der Waals surface area contributed by atoms with Crippen molar-refractivity contribution in [2.24, 2.45) is 0 Å². The Labute approximate surface area is 170 Å². The summed E-state index contributed by atoms with van der Waals surface area (Å²) >= 11 is 0. The molecule has 29 heavy (non-hydrogen) atoms. The van der Waals surface area contributed by atoms with Crippen molar-refractivity contribution < 1.29 is 4.79 Å². The molecule has 0 radical (unpaired) electrons. The van der Waals surface area contributed by atoms with Crippen LogP contribution < -0.4 is 10.2 Å². The maximum atomic E-state index is 12.6. The average Bonchev–Trinajstić information content (AvgIpc) is 3.25. The van der Waals surface area contributed by atoms with Crippen LogP contribution in [0.3, 0.4) is 0 Å². The number of hydrogen-bond acceptors (Lipinski definition) is 5. The number of anilines is 1. The van der Waals surface area contributed by atoms with Crippen molar-refractivity contribution in [3.8, 4) is 11.3 Å². The first-order valence-corrected chi connectivity index (χ1v) is 9.99. The topological polar surface area (TPSA) is 75.9 Å². The number of amides is 1. The minimum Gasteiger partial charge on any atom is -0.378 e. The lowest BCUT2D eigenvalue weighted by molar-refractivity contribution is 0.0922. The number of carbonyl (C=O) groups is 1. The number of benzene rings is 1. The molecule has 2 aromatic heterocycles. The smallest absolute Gasteiger partial charge is 0.251 e. The molecule has 4 rings (SSSR count). The van der Waals surface area contributed by atoms with Crippen LogP contribution in [0, 0.1) is 0 Å². The summed E-state index contributed by atoms with van der Waals surface area (Å²) in [6.45, 7) is 0. The van der Waals surface area contributed by atoms with Crippen molar-refractivity contribution in [2.75, 3.05) is 19.0 Å². The van der Waals surface area contributed by atoms with Crippen LogP contribution in [-0.2, 0) is 0 Å². The van der Waals surface area contributed by atoms with Gasteiger partial charge in [0, 0.05) is 55.5 Å². The Morgan fingerprint density at radius 2 is 1.97 bits per heavy atom. The quantitative estimate of drug-likeness (QED) is 0.723. The summed E-state index contributed by atoms with van der Waals surface area (Å²) in [5.41, 5.74) is 3.55. The molecule has 150 valence electrons. The Morgan fingerprint density at radius 1 is 1.14 bits per heavy atom. The number of rotatable bonds is 5. The lowest BCUT2D eigenvalue weighted by Gasteiger charge is -2.29. The zero-order valence-corrected chi connectivity index (χ0v) is 16.8. The minimum absolute atomic E-state index is 0.00109. The van der Waals surface area contributed by atoms with E-state index in [4.69, 9.17) is 0 Å². The molecule has 1 N–H and O–H groups in total. The number of hydrogen-bond donors (Lipinski definition) is 1. The van der Waals surface area contributed by atoms with Gasteiger partial charge < -0.3 is 10.2 Å². The molecule has 1 aliphatic carbocycles. The average molecular weight is 390 g/mol. The van der Waals surface area contributed by atoms with Gasteiger partial charge in [-0.1, -0.05) is 6.07 Å². The zero-order valence-electron chi connectivity index (χ0n) is 16.8. The van der Waals surface area contributed by atoms with Gasteiger partial charge in [-0.3, -0.25) is 19.4 Å². The van der Waals surface area contributed by atoms with Gasteiger partial charge in [0.1, 0.15) is 0 Å². The van der Waals surface area contributed by atoms with Crippen molar-refractivity contribution in [1.29, 1.82) is 0 Å². The van der Waals surface area contributed by atoms with Crippen LogP contribution in [0.5, 0.6) is 0 Å². The molecule has 0 saturated heterocycles. The van der Waals surface area contributed by atoms with E-state index in [1.807, 2.05) is 60.3 Å². The maximum Gasteiger partial charge on any atom is 0.251 e. The van der Waals surface area contributed by atoms with Crippen LogP contribution in [0.15, 0.2) is 55.2 Å². The third-order valence-corrected chi connectivity index (χ3v) is 5.49. The molecule has 2 heterocycles. The summed E-state index contributed by atoms with van der Waals surface area (Å²) in [5, 5.41) is 7.73. The fourth-order valence-electron chi connectivity index (χ4n) is 3.80. The zero-order chi connectivity index (χ0) is 20.2. The van der Waals surface area contributed by atoms with E-state index in [0.717, 1.165) is 42.6 Å². The summed E-state index contributed by atoms with van der Waals surface area (Å²) in [5.74, 6) is 0.00109. The molecule has 0 aliphatic heterocycles. The number of nitrogens with one attached hydrogen (secondary N) is 1. The molecule has 1 aliphatic rings. The van der Waals surface area contributed by atoms with Gasteiger partial charge in [0.25, 0.3) is 5.91 Å². The molecule has 1 fully saturated rings. The highest BCUT2D eigenvalue weighted by molar-refractivity contribution is 5.95. The lowest BCUT2D eigenvalue weighted by atomic mass is 9.91. The van der Waals surface area contributed by atoms with Crippen molar-refractivity contribution in [3.05, 3.63) is 60.8 Å². The van der Waals surface area contributed by atoms with E-state index in [0.29, 0.717) is 11.6 Å². The Bertz CT molecular complexity index is 960. The van der Waals surface area contributed by atoms with Gasteiger partial charge >= 0.3 is 0 Å². The number of aromatic nitrogens is 4. The van der Waals surface area contributed by atoms with E-state index in [9.17, 15) is 4.79 Å². The maximum absolute atomic E-state index is 12.6. The molecular weight excluding hydrogens is 364 g/mol. The van der Waals surface area contributed by atoms with Gasteiger partial charge in [0.2, 0.25) is 0 Å². The van der Waals surface area contributed by atoms with Crippen molar-refractivity contribution >= 4 is 11.6 Å². The highest BCUT2D eigenvalue weighted by Gasteiger charge is 2.24. The van der Waals surface area contributed by atoms with E-state index < -0.39 is 0 Å². The minimum atomic E-state index is 0.00109. The highest BCUT2D eigenvalue weighted by atomic mass is 16.1. The third-order valence-electron chi connectivity index (χ3n) is 5.49. The molecule has 3 aromatic rings. The van der Waals surface area contributed by atoms with Crippen molar-refractivity contribution in [3.63, 3.8) is 0 Å². The summed E-state index contributed by atoms with van der Waals surface area (Å²) in [4.78, 5) is 23.1. The Kier molecular flexibility index (Phi) is 5.55. The van der Waals surface area contributed by atoms with Gasteiger partial charge in [-0.05, 0) is 43.9 Å². The summed E-state index contributed by atoms with van der Waals surface area (Å²) in [6, 6.07) is 8.28. The van der Waals surface area contributed by atoms with Gasteiger partial charge in [-0.2, -0.15) is 5.10 Å². The molecular formula is C22H26N6O. The molecule has 0 spiro atoms. The monoisotopic (exact) mass is 390 g/mol. The molecule has 1 saturated carbocycles. The molecule has 1 amide bonds. The second-order valence-electron chi connectivity index (χ2n) is 7.72. The van der Waals surface area contributed by atoms with Crippen LogP contribution in [0.4, 0.5) is 5.69 Å². The SMILES string of the molecule is CN(C)c1cccc(C(=O)NC2CCC(n3cc(-c4cnccn4)cn3)CC2)c1. The first kappa shape index (κ1) is 19.1. The van der Waals surface area contributed by atoms with Crippen LogP contribution in [0.1, 0.15) is 42.1 Å². The van der Waals surface area contributed by atoms with Gasteiger partial charge in [-0.25, -0.2) is 0 Å². The van der Waals surface area contributed by atoms with Gasteiger partial charge in [-0.15, -0.1) is 0 Å². The second kappa shape index (κ2) is 8.43. The lowest BCUT2D eigenvalue weighted by Crippen LogP contribution is -2.38. The van der Waals surface area contributed by atoms with E-state index in [1.165, 1.54) is 0 Å². The Balaban J connectivity index is 1.33. The molecule has 0 unspecified atom stereocenters. The first-order chi connectivity index (χ1) is 14.1. The number of carbonyl (C=O) groups excluding carboxylic acids is 1. The predicted molar refractivity (Wildman–Crippen MR) is 113 cm³/mol. The fourth-order valence-corrected chi connectivity index (χ4v) is 3.80. The van der Waals surface area contributed by atoms with E-state index in [2.05, 4.69) is 20.4 Å². The Hall–Kier alpha value is -3.22. The summed E-state index contributed by atoms with van der Waals surface area (Å²) in [6.07, 6.45) is 12.9. The van der Waals surface area contributed by atoms with E-state index >= 15 is 0 Å². The molecule has 7 nitrogen and oxygen atoms in total. The van der Waals surface area contributed by atoms with Crippen LogP contribution in [0.2, 0.25) is 0 Å². The molecule has 0 atom stereocenters. The number of nitrogens with zero attached hydrogens (tertiary/aromatic N) is 5. The summed E-state index contributed by atoms with van der Waals surface area (Å²) < 4.78 is 2.03. The molecule has 0 bridgehead atoms. The van der Waals surface area contributed by atoms with Crippen LogP contribution >= 0.6 is 0 Å². The van der Waals surface area contributed by atoms with Gasteiger partial charge in [0.15, 0.2) is 0 Å². The Morgan fingerprint density at radius 3 is 2.69 bits per heavy atom. The third kappa shape index (κ3) is 4.45. The second-order valence-corrected chi connectivity index (χ2v) is 7.72. The van der Waals surface area contributed by atoms with Crippen LogP contribution in [0.25, 0.3) is 11.3 Å². The normalized spacial score (nSPS) is 19.0. The summed E-state index contributed by atoms with van der Waals surface area (Å²) in [7, 11) is 3.95. The standard InChI is InChI=1S/C22H26N6O/c1-27(2)20-5-3-4-16(12-20)22(29)26-18-6-8-19(9-7-18)28-15-17(13-25-28)21-14-23-10-11-24-21/h3-5,10-15,18-19H,6-9H2,1-2H3,(H,26,29). The highest BCUT2D eigenvalue weighted by Crippen LogP contribution is 2.29. The van der Waals surface area contributed by atoms with Crippen molar-refractivity contribution in [2.45, 2.75) is 37.8 Å². The van der Waals surface area contributed by atoms with Crippen LogP contribution in [-0.4, -0.2) is 45.8 Å². The molecule has 1 aromatic carbocycles. The van der Waals surface area contributed by atoms with E-state index in [1.54, 1.807) is 18.6 Å². The first-order valence-electron chi connectivity index (χ1n) is 9.99. The molecule has 7 heteroatoms. The fraction of sp³-hybridized carbons (Fsp3) is 0.364. The predicted octanol–water partition coefficient (Wildman–Crippen LogP) is 3.32. The van der Waals surface area contributed by atoms with Crippen molar-refractivity contribution in [1.82, 2.24) is 25.1 Å². The van der Waals surface area contributed by atoms with E-state index in [-0.39, 0.29) is 11.9 Å².